The predicted molar refractivity (Wildman–Crippen MR) is 75.4 cm³/mol. The summed E-state index contributed by atoms with van der Waals surface area (Å²) in [6, 6.07) is 7.15. The molecule has 0 aliphatic carbocycles. The minimum atomic E-state index is -0.126. The molecule has 4 heteroatoms. The molecule has 4 nitrogen and oxygen atoms in total. The zero-order valence-corrected chi connectivity index (χ0v) is 11.9. The first kappa shape index (κ1) is 15.5. The van der Waals surface area contributed by atoms with Crippen molar-refractivity contribution in [1.82, 2.24) is 5.32 Å². The number of methoxy groups -OCH3 is 1. The Morgan fingerprint density at radius 3 is 2.68 bits per heavy atom. The van der Waals surface area contributed by atoms with Crippen molar-refractivity contribution in [3.05, 3.63) is 29.8 Å². The number of nitrogens with one attached hydrogen (secondary N) is 1. The van der Waals surface area contributed by atoms with E-state index in [1.165, 1.54) is 0 Å². The summed E-state index contributed by atoms with van der Waals surface area (Å²) in [7, 11) is 1.55. The number of hydrogen-bond donors (Lipinski definition) is 2. The van der Waals surface area contributed by atoms with E-state index in [2.05, 4.69) is 5.32 Å². The van der Waals surface area contributed by atoms with Crippen LogP contribution in [0, 0.1) is 5.41 Å². The lowest BCUT2D eigenvalue weighted by molar-refractivity contribution is 0.0945. The van der Waals surface area contributed by atoms with Gasteiger partial charge < -0.3 is 15.2 Å². The SMILES string of the molecule is COc1ccccc1C(=O)NCCCC(C)(C)CO. The second-order valence-electron chi connectivity index (χ2n) is 5.38. The maximum absolute atomic E-state index is 12.0. The summed E-state index contributed by atoms with van der Waals surface area (Å²) in [5, 5.41) is 12.0. The highest BCUT2D eigenvalue weighted by atomic mass is 16.5. The summed E-state index contributed by atoms with van der Waals surface area (Å²) in [4.78, 5) is 12.0. The summed E-state index contributed by atoms with van der Waals surface area (Å²) >= 11 is 0. The molecule has 1 aromatic rings. The molecule has 106 valence electrons. The molecule has 0 unspecified atom stereocenters. The van der Waals surface area contributed by atoms with Crippen molar-refractivity contribution in [2.45, 2.75) is 26.7 Å². The lowest BCUT2D eigenvalue weighted by Crippen LogP contribution is -2.26. The van der Waals surface area contributed by atoms with Crippen molar-refractivity contribution in [2.75, 3.05) is 20.3 Å². The van der Waals surface area contributed by atoms with Crippen LogP contribution in [0.1, 0.15) is 37.0 Å². The molecule has 19 heavy (non-hydrogen) atoms. The van der Waals surface area contributed by atoms with E-state index in [-0.39, 0.29) is 17.9 Å². The lowest BCUT2D eigenvalue weighted by atomic mass is 9.89. The summed E-state index contributed by atoms with van der Waals surface area (Å²) in [6.45, 7) is 4.78. The smallest absolute Gasteiger partial charge is 0.255 e. The fraction of sp³-hybridized carbons (Fsp3) is 0.533. The summed E-state index contributed by atoms with van der Waals surface area (Å²) in [6.07, 6.45) is 1.71. The third-order valence-electron chi connectivity index (χ3n) is 3.10. The highest BCUT2D eigenvalue weighted by Crippen LogP contribution is 2.21. The number of carbonyl (C=O) groups is 1. The fourth-order valence-electron chi connectivity index (χ4n) is 1.78. The van der Waals surface area contributed by atoms with Gasteiger partial charge in [-0.25, -0.2) is 0 Å². The van der Waals surface area contributed by atoms with Gasteiger partial charge in [0.05, 0.1) is 12.7 Å². The first-order valence-corrected chi connectivity index (χ1v) is 6.52. The average molecular weight is 265 g/mol. The van der Waals surface area contributed by atoms with E-state index in [9.17, 15) is 4.79 Å². The molecule has 1 rings (SSSR count). The molecule has 0 saturated carbocycles. The van der Waals surface area contributed by atoms with Crippen LogP contribution in [-0.4, -0.2) is 31.3 Å². The van der Waals surface area contributed by atoms with Gasteiger partial charge in [0.2, 0.25) is 0 Å². The average Bonchev–Trinajstić information content (AvgIpc) is 2.43. The molecule has 2 N–H and O–H groups in total. The van der Waals surface area contributed by atoms with Gasteiger partial charge in [0.25, 0.3) is 5.91 Å². The molecule has 0 saturated heterocycles. The van der Waals surface area contributed by atoms with Gasteiger partial charge in [-0.15, -0.1) is 0 Å². The van der Waals surface area contributed by atoms with Gasteiger partial charge >= 0.3 is 0 Å². The third-order valence-corrected chi connectivity index (χ3v) is 3.10. The van der Waals surface area contributed by atoms with E-state index in [1.807, 2.05) is 26.0 Å². The van der Waals surface area contributed by atoms with E-state index in [0.29, 0.717) is 17.9 Å². The molecule has 0 aliphatic rings. The third kappa shape index (κ3) is 4.91. The normalized spacial score (nSPS) is 11.2. The standard InChI is InChI=1S/C15H23NO3/c1-15(2,11-17)9-6-10-16-14(18)12-7-4-5-8-13(12)19-3/h4-5,7-8,17H,6,9-11H2,1-3H3,(H,16,18). The number of aliphatic hydroxyl groups excluding tert-OH is 1. The van der Waals surface area contributed by atoms with Crippen molar-refractivity contribution < 1.29 is 14.6 Å². The van der Waals surface area contributed by atoms with E-state index >= 15 is 0 Å². The van der Waals surface area contributed by atoms with Gasteiger partial charge in [-0.1, -0.05) is 26.0 Å². The largest absolute Gasteiger partial charge is 0.496 e. The van der Waals surface area contributed by atoms with Crippen molar-refractivity contribution in [3.63, 3.8) is 0 Å². The molecule has 0 radical (unpaired) electrons. The number of para-hydroxylation sites is 1. The number of rotatable bonds is 7. The number of carbonyl (C=O) groups excluding carboxylic acids is 1. The molecule has 1 amide bonds. The van der Waals surface area contributed by atoms with E-state index in [1.54, 1.807) is 19.2 Å². The van der Waals surface area contributed by atoms with Gasteiger partial charge in [-0.2, -0.15) is 0 Å². The Kier molecular flexibility index (Phi) is 5.83. The molecule has 0 aromatic heterocycles. The number of amides is 1. The number of aliphatic hydroxyl groups is 1. The Morgan fingerprint density at radius 1 is 1.37 bits per heavy atom. The van der Waals surface area contributed by atoms with Gasteiger partial charge in [0.1, 0.15) is 5.75 Å². The van der Waals surface area contributed by atoms with Crippen LogP contribution in [0.25, 0.3) is 0 Å². The minimum absolute atomic E-state index is 0.0881. The van der Waals surface area contributed by atoms with E-state index < -0.39 is 0 Å². The van der Waals surface area contributed by atoms with Gasteiger partial charge in [-0.3, -0.25) is 4.79 Å². The molecule has 0 bridgehead atoms. The Bertz CT molecular complexity index is 416. The van der Waals surface area contributed by atoms with E-state index in [4.69, 9.17) is 9.84 Å². The van der Waals surface area contributed by atoms with Gasteiger partial charge in [0.15, 0.2) is 0 Å². The van der Waals surface area contributed by atoms with Crippen molar-refractivity contribution in [3.8, 4) is 5.75 Å². The van der Waals surface area contributed by atoms with Gasteiger partial charge in [0, 0.05) is 13.2 Å². The molecule has 1 aromatic carbocycles. The predicted octanol–water partition coefficient (Wildman–Crippen LogP) is 2.22. The zero-order valence-electron chi connectivity index (χ0n) is 11.9. The van der Waals surface area contributed by atoms with Crippen LogP contribution in [0.5, 0.6) is 5.75 Å². The Labute approximate surface area is 114 Å². The topological polar surface area (TPSA) is 58.6 Å². The number of ether oxygens (including phenoxy) is 1. The van der Waals surface area contributed by atoms with E-state index in [0.717, 1.165) is 12.8 Å². The Balaban J connectivity index is 2.44. The zero-order chi connectivity index (χ0) is 14.3. The summed E-state index contributed by atoms with van der Waals surface area (Å²) < 4.78 is 5.15. The summed E-state index contributed by atoms with van der Waals surface area (Å²) in [5.74, 6) is 0.454. The first-order valence-electron chi connectivity index (χ1n) is 6.52. The van der Waals surface area contributed by atoms with Crippen LogP contribution in [0.2, 0.25) is 0 Å². The van der Waals surface area contributed by atoms with Gasteiger partial charge in [-0.05, 0) is 30.4 Å². The minimum Gasteiger partial charge on any atom is -0.496 e. The van der Waals surface area contributed by atoms with Crippen molar-refractivity contribution in [1.29, 1.82) is 0 Å². The highest BCUT2D eigenvalue weighted by molar-refractivity contribution is 5.96. The molecule has 0 fully saturated rings. The second-order valence-corrected chi connectivity index (χ2v) is 5.38. The van der Waals surface area contributed by atoms with Crippen LogP contribution in [-0.2, 0) is 0 Å². The molecular weight excluding hydrogens is 242 g/mol. The highest BCUT2D eigenvalue weighted by Gasteiger charge is 2.16. The van der Waals surface area contributed by atoms with Crippen LogP contribution < -0.4 is 10.1 Å². The molecule has 0 aliphatic heterocycles. The maximum Gasteiger partial charge on any atom is 0.255 e. The van der Waals surface area contributed by atoms with Crippen LogP contribution in [0.3, 0.4) is 0 Å². The van der Waals surface area contributed by atoms with Crippen molar-refractivity contribution >= 4 is 5.91 Å². The Hall–Kier alpha value is -1.55. The lowest BCUT2D eigenvalue weighted by Gasteiger charge is -2.21. The Morgan fingerprint density at radius 2 is 2.05 bits per heavy atom. The van der Waals surface area contributed by atoms with Crippen LogP contribution in [0.15, 0.2) is 24.3 Å². The molecule has 0 atom stereocenters. The number of hydrogen-bond acceptors (Lipinski definition) is 3. The summed E-state index contributed by atoms with van der Waals surface area (Å²) in [5.41, 5.74) is 0.459. The maximum atomic E-state index is 12.0. The quantitative estimate of drug-likeness (QED) is 0.743. The molecule has 0 heterocycles. The number of benzene rings is 1. The molecule has 0 spiro atoms. The molecular formula is C15H23NO3. The van der Waals surface area contributed by atoms with Crippen molar-refractivity contribution in [2.24, 2.45) is 5.41 Å². The van der Waals surface area contributed by atoms with Crippen LogP contribution in [0.4, 0.5) is 0 Å². The fourth-order valence-corrected chi connectivity index (χ4v) is 1.78. The first-order chi connectivity index (χ1) is 9.00. The monoisotopic (exact) mass is 265 g/mol. The van der Waals surface area contributed by atoms with Crippen LogP contribution >= 0.6 is 0 Å². The second kappa shape index (κ2) is 7.14.